The van der Waals surface area contributed by atoms with Gasteiger partial charge in [0.25, 0.3) is 5.91 Å². The Labute approximate surface area is 146 Å². The second kappa shape index (κ2) is 7.77. The first-order valence-corrected chi connectivity index (χ1v) is 9.18. The van der Waals surface area contributed by atoms with Gasteiger partial charge in [0.05, 0.1) is 11.1 Å². The van der Waals surface area contributed by atoms with Crippen LogP contribution in [0.2, 0.25) is 0 Å². The summed E-state index contributed by atoms with van der Waals surface area (Å²) in [5.74, 6) is -0.464. The summed E-state index contributed by atoms with van der Waals surface area (Å²) < 4.78 is 40.1. The zero-order valence-corrected chi connectivity index (χ0v) is 14.3. The molecule has 0 radical (unpaired) electrons. The molecular weight excluding hydrogens is 329 g/mol. The number of nitrogens with one attached hydrogen (secondary N) is 1. The first-order valence-electron chi connectivity index (χ1n) is 9.18. The minimum Gasteiger partial charge on any atom is -0.331 e. The fourth-order valence-electron chi connectivity index (χ4n) is 4.10. The van der Waals surface area contributed by atoms with Crippen molar-refractivity contribution in [3.63, 3.8) is 0 Å². The lowest BCUT2D eigenvalue weighted by Crippen LogP contribution is -2.48. The summed E-state index contributed by atoms with van der Waals surface area (Å²) in [6.45, 7) is 1.47. The lowest BCUT2D eigenvalue weighted by Gasteiger charge is -2.36. The van der Waals surface area contributed by atoms with Gasteiger partial charge in [-0.15, -0.1) is 0 Å². The monoisotopic (exact) mass is 354 g/mol. The molecule has 25 heavy (non-hydrogen) atoms. The van der Waals surface area contributed by atoms with Crippen molar-refractivity contribution in [2.45, 2.75) is 63.2 Å². The molecule has 0 aromatic heterocycles. The third kappa shape index (κ3) is 4.17. The van der Waals surface area contributed by atoms with E-state index >= 15 is 0 Å². The second-order valence-corrected chi connectivity index (χ2v) is 7.05. The van der Waals surface area contributed by atoms with Crippen molar-refractivity contribution in [3.05, 3.63) is 35.4 Å². The molecule has 1 heterocycles. The van der Waals surface area contributed by atoms with E-state index in [2.05, 4.69) is 5.32 Å². The van der Waals surface area contributed by atoms with Gasteiger partial charge in [0.2, 0.25) is 0 Å². The smallest absolute Gasteiger partial charge is 0.331 e. The zero-order chi connectivity index (χ0) is 17.9. The molecule has 1 saturated carbocycles. The van der Waals surface area contributed by atoms with Crippen LogP contribution in [0.3, 0.4) is 0 Å². The summed E-state index contributed by atoms with van der Waals surface area (Å²) in [4.78, 5) is 15.0. The summed E-state index contributed by atoms with van der Waals surface area (Å²) >= 11 is 0. The van der Waals surface area contributed by atoms with Crippen molar-refractivity contribution in [1.82, 2.24) is 10.2 Å². The van der Waals surface area contributed by atoms with Gasteiger partial charge >= 0.3 is 6.18 Å². The van der Waals surface area contributed by atoms with Crippen molar-refractivity contribution in [2.75, 3.05) is 13.1 Å². The van der Waals surface area contributed by atoms with Gasteiger partial charge in [-0.1, -0.05) is 37.8 Å². The molecule has 1 aromatic rings. The van der Waals surface area contributed by atoms with Crippen molar-refractivity contribution < 1.29 is 18.0 Å². The van der Waals surface area contributed by atoms with Crippen LogP contribution in [0, 0.1) is 0 Å². The SMILES string of the molecule is O=C(c1ccccc1C(F)(F)F)N(C1CCCCCC1)C1CCNC1. The Morgan fingerprint density at radius 2 is 1.68 bits per heavy atom. The largest absolute Gasteiger partial charge is 0.417 e. The Hall–Kier alpha value is -1.56. The van der Waals surface area contributed by atoms with Crippen LogP contribution in [-0.4, -0.2) is 36.0 Å². The van der Waals surface area contributed by atoms with Crippen LogP contribution in [0.1, 0.15) is 60.9 Å². The summed E-state index contributed by atoms with van der Waals surface area (Å²) in [7, 11) is 0. The molecule has 3 rings (SSSR count). The van der Waals surface area contributed by atoms with Crippen LogP contribution in [0.5, 0.6) is 0 Å². The molecule has 1 aliphatic heterocycles. The first kappa shape index (κ1) is 18.2. The fourth-order valence-corrected chi connectivity index (χ4v) is 4.10. The normalized spacial score (nSPS) is 22.6. The number of alkyl halides is 3. The summed E-state index contributed by atoms with van der Waals surface area (Å²) in [6.07, 6.45) is 2.41. The van der Waals surface area contributed by atoms with Crippen LogP contribution in [0.25, 0.3) is 0 Å². The van der Waals surface area contributed by atoms with E-state index in [1.54, 1.807) is 4.90 Å². The average Bonchev–Trinajstić information content (AvgIpc) is 2.97. The van der Waals surface area contributed by atoms with E-state index in [-0.39, 0.29) is 17.6 Å². The zero-order valence-electron chi connectivity index (χ0n) is 14.3. The maximum atomic E-state index is 13.4. The lowest BCUT2D eigenvalue weighted by atomic mass is 9.99. The molecule has 2 aliphatic rings. The van der Waals surface area contributed by atoms with Gasteiger partial charge in [0, 0.05) is 18.6 Å². The number of amides is 1. The molecule has 1 atom stereocenters. The van der Waals surface area contributed by atoms with E-state index in [1.165, 1.54) is 18.2 Å². The summed E-state index contributed by atoms with van der Waals surface area (Å²) in [6, 6.07) is 5.20. The Bertz CT molecular complexity index is 589. The highest BCUT2D eigenvalue weighted by atomic mass is 19.4. The Balaban J connectivity index is 1.94. The average molecular weight is 354 g/mol. The second-order valence-electron chi connectivity index (χ2n) is 7.05. The molecule has 1 aromatic carbocycles. The highest BCUT2D eigenvalue weighted by Crippen LogP contribution is 2.34. The Morgan fingerprint density at radius 1 is 1.00 bits per heavy atom. The predicted octanol–water partition coefficient (Wildman–Crippen LogP) is 4.23. The molecule has 1 saturated heterocycles. The molecule has 1 amide bonds. The topological polar surface area (TPSA) is 32.3 Å². The van der Waals surface area contributed by atoms with Crippen molar-refractivity contribution in [3.8, 4) is 0 Å². The Morgan fingerprint density at radius 3 is 2.28 bits per heavy atom. The Kier molecular flexibility index (Phi) is 5.67. The van der Waals surface area contributed by atoms with Crippen LogP contribution in [0.4, 0.5) is 13.2 Å². The third-order valence-electron chi connectivity index (χ3n) is 5.34. The van der Waals surface area contributed by atoms with E-state index < -0.39 is 17.6 Å². The van der Waals surface area contributed by atoms with Crippen molar-refractivity contribution in [2.24, 2.45) is 0 Å². The number of rotatable bonds is 3. The number of carbonyl (C=O) groups excluding carboxylic acids is 1. The van der Waals surface area contributed by atoms with Gasteiger partial charge < -0.3 is 10.2 Å². The van der Waals surface area contributed by atoms with Crippen LogP contribution in [-0.2, 0) is 6.18 Å². The van der Waals surface area contributed by atoms with Gasteiger partial charge in [-0.25, -0.2) is 0 Å². The van der Waals surface area contributed by atoms with Gasteiger partial charge in [-0.05, 0) is 37.9 Å². The van der Waals surface area contributed by atoms with E-state index in [4.69, 9.17) is 0 Å². The van der Waals surface area contributed by atoms with E-state index in [1.807, 2.05) is 0 Å². The molecule has 3 nitrogen and oxygen atoms in total. The van der Waals surface area contributed by atoms with Crippen LogP contribution < -0.4 is 5.32 Å². The molecule has 1 aliphatic carbocycles. The molecule has 0 bridgehead atoms. The van der Waals surface area contributed by atoms with Gasteiger partial charge in [-0.2, -0.15) is 13.2 Å². The van der Waals surface area contributed by atoms with E-state index in [0.717, 1.165) is 57.6 Å². The number of hydrogen-bond donors (Lipinski definition) is 1. The van der Waals surface area contributed by atoms with Crippen molar-refractivity contribution >= 4 is 5.91 Å². The van der Waals surface area contributed by atoms with Crippen LogP contribution >= 0.6 is 0 Å². The first-order chi connectivity index (χ1) is 12.0. The minimum absolute atomic E-state index is 0.0168. The van der Waals surface area contributed by atoms with Gasteiger partial charge in [0.1, 0.15) is 0 Å². The highest BCUT2D eigenvalue weighted by Gasteiger charge is 2.39. The molecule has 6 heteroatoms. The predicted molar refractivity (Wildman–Crippen MR) is 90.4 cm³/mol. The van der Waals surface area contributed by atoms with Crippen molar-refractivity contribution in [1.29, 1.82) is 0 Å². The minimum atomic E-state index is -4.52. The van der Waals surface area contributed by atoms with E-state index in [9.17, 15) is 18.0 Å². The third-order valence-corrected chi connectivity index (χ3v) is 5.34. The molecule has 1 N–H and O–H groups in total. The molecule has 1 unspecified atom stereocenters. The molecule has 0 spiro atoms. The lowest BCUT2D eigenvalue weighted by molar-refractivity contribution is -0.138. The number of carbonyl (C=O) groups is 1. The van der Waals surface area contributed by atoms with E-state index in [0.29, 0.717) is 6.54 Å². The quantitative estimate of drug-likeness (QED) is 0.824. The summed E-state index contributed by atoms with van der Waals surface area (Å²) in [5.41, 5.74) is -1.05. The molecule has 2 fully saturated rings. The maximum absolute atomic E-state index is 13.4. The number of nitrogens with zero attached hydrogens (tertiary/aromatic N) is 1. The number of halogens is 3. The fraction of sp³-hybridized carbons (Fsp3) is 0.632. The standard InChI is InChI=1S/C19H25F3N2O/c20-19(21,22)17-10-6-5-9-16(17)18(25)24(15-11-12-23-13-15)14-7-3-1-2-4-8-14/h5-6,9-10,14-15,23H,1-4,7-8,11-13H2. The summed E-state index contributed by atoms with van der Waals surface area (Å²) in [5, 5.41) is 3.24. The van der Waals surface area contributed by atoms with Crippen LogP contribution in [0.15, 0.2) is 24.3 Å². The highest BCUT2D eigenvalue weighted by molar-refractivity contribution is 5.96. The number of hydrogen-bond acceptors (Lipinski definition) is 2. The molecular formula is C19H25F3N2O. The number of benzene rings is 1. The molecule has 138 valence electrons. The van der Waals surface area contributed by atoms with Gasteiger partial charge in [0.15, 0.2) is 0 Å². The van der Waals surface area contributed by atoms with Gasteiger partial charge in [-0.3, -0.25) is 4.79 Å². The maximum Gasteiger partial charge on any atom is 0.417 e.